The van der Waals surface area contributed by atoms with E-state index < -0.39 is 0 Å². The Morgan fingerprint density at radius 3 is 1.36 bits per heavy atom. The molecule has 0 aliphatic carbocycles. The Morgan fingerprint density at radius 1 is 0.500 bits per heavy atom. The monoisotopic (exact) mass is 410 g/mol. The SMILES string of the molecule is c1ccc2c(c1)sc[n+]2CCCCCCCCCC[n+]1csc2ccccc21. The summed E-state index contributed by atoms with van der Waals surface area (Å²) in [4.78, 5) is 0. The molecule has 0 saturated heterocycles. The summed E-state index contributed by atoms with van der Waals surface area (Å²) in [6.07, 6.45) is 10.9. The lowest BCUT2D eigenvalue weighted by molar-refractivity contribution is -0.667. The first-order valence-corrected chi connectivity index (χ1v) is 12.4. The normalized spacial score (nSPS) is 11.6. The van der Waals surface area contributed by atoms with Crippen LogP contribution in [0.5, 0.6) is 0 Å². The van der Waals surface area contributed by atoms with Crippen LogP contribution in [-0.4, -0.2) is 0 Å². The maximum absolute atomic E-state index is 2.42. The molecule has 4 heteroatoms. The molecule has 4 aromatic rings. The zero-order chi connectivity index (χ0) is 19.0. The molecule has 0 atom stereocenters. The second kappa shape index (κ2) is 10.1. The van der Waals surface area contributed by atoms with E-state index in [0.717, 1.165) is 13.1 Å². The van der Waals surface area contributed by atoms with Crippen LogP contribution < -0.4 is 9.13 Å². The number of hydrogen-bond acceptors (Lipinski definition) is 2. The van der Waals surface area contributed by atoms with Gasteiger partial charge < -0.3 is 0 Å². The van der Waals surface area contributed by atoms with E-state index in [1.165, 1.54) is 71.8 Å². The third kappa shape index (κ3) is 4.98. The lowest BCUT2D eigenvalue weighted by atomic mass is 10.1. The van der Waals surface area contributed by atoms with E-state index in [4.69, 9.17) is 0 Å². The summed E-state index contributed by atoms with van der Waals surface area (Å²) in [6, 6.07) is 17.5. The minimum absolute atomic E-state index is 1.16. The first-order chi connectivity index (χ1) is 13.9. The van der Waals surface area contributed by atoms with Crippen molar-refractivity contribution in [2.75, 3.05) is 0 Å². The third-order valence-corrected chi connectivity index (χ3v) is 7.43. The highest BCUT2D eigenvalue weighted by atomic mass is 32.1. The molecule has 2 aromatic heterocycles. The van der Waals surface area contributed by atoms with Crippen molar-refractivity contribution >= 4 is 43.1 Å². The van der Waals surface area contributed by atoms with Crippen molar-refractivity contribution in [1.29, 1.82) is 0 Å². The molecule has 0 fully saturated rings. The fourth-order valence-corrected chi connectivity index (χ4v) is 5.76. The van der Waals surface area contributed by atoms with Crippen molar-refractivity contribution < 1.29 is 9.13 Å². The van der Waals surface area contributed by atoms with Crippen LogP contribution in [0, 0.1) is 0 Å². The first kappa shape index (κ1) is 19.5. The molecule has 0 aliphatic rings. The molecule has 0 bridgehead atoms. The van der Waals surface area contributed by atoms with Crippen LogP contribution in [0.15, 0.2) is 59.6 Å². The number of benzene rings is 2. The number of rotatable bonds is 11. The van der Waals surface area contributed by atoms with Gasteiger partial charge >= 0.3 is 0 Å². The molecule has 0 N–H and O–H groups in total. The van der Waals surface area contributed by atoms with Gasteiger partial charge in [0.1, 0.15) is 22.5 Å². The van der Waals surface area contributed by atoms with E-state index in [1.807, 2.05) is 22.7 Å². The van der Waals surface area contributed by atoms with E-state index in [9.17, 15) is 0 Å². The van der Waals surface area contributed by atoms with Crippen LogP contribution in [0.2, 0.25) is 0 Å². The second-order valence-corrected chi connectivity index (χ2v) is 9.37. The summed E-state index contributed by atoms with van der Waals surface area (Å²) in [5.41, 5.74) is 7.34. The fraction of sp³-hybridized carbons (Fsp3) is 0.417. The highest BCUT2D eigenvalue weighted by Gasteiger charge is 2.11. The summed E-state index contributed by atoms with van der Waals surface area (Å²) in [5, 5.41) is 0. The van der Waals surface area contributed by atoms with E-state index >= 15 is 0 Å². The second-order valence-electron chi connectivity index (χ2n) is 7.60. The molecule has 28 heavy (non-hydrogen) atoms. The summed E-state index contributed by atoms with van der Waals surface area (Å²) in [5.74, 6) is 0. The van der Waals surface area contributed by atoms with Gasteiger partial charge in [-0.25, -0.2) is 0 Å². The van der Waals surface area contributed by atoms with Gasteiger partial charge in [0.25, 0.3) is 0 Å². The van der Waals surface area contributed by atoms with Gasteiger partial charge in [-0.1, -0.05) is 72.6 Å². The van der Waals surface area contributed by atoms with Gasteiger partial charge in [-0.3, -0.25) is 0 Å². The van der Waals surface area contributed by atoms with Gasteiger partial charge in [-0.05, 0) is 25.0 Å². The third-order valence-electron chi connectivity index (χ3n) is 5.51. The van der Waals surface area contributed by atoms with Crippen molar-refractivity contribution in [3.05, 3.63) is 59.6 Å². The standard InChI is InChI=1S/C24H30N2S2/c1(3-5-11-17-25-19-27-23-15-9-7-13-21(23)25)2-4-6-12-18-26-20-28-24-16-10-8-14-22(24)26/h7-10,13-16,19-20H,1-6,11-12,17-18H2/q+2. The topological polar surface area (TPSA) is 7.76 Å². The molecule has 4 rings (SSSR count). The fourth-order valence-electron chi connectivity index (χ4n) is 3.91. The minimum atomic E-state index is 1.16. The van der Waals surface area contributed by atoms with Crippen LogP contribution in [0.25, 0.3) is 20.4 Å². The minimum Gasteiger partial charge on any atom is -0.188 e. The average molecular weight is 411 g/mol. The van der Waals surface area contributed by atoms with Gasteiger partial charge in [0.15, 0.2) is 0 Å². The zero-order valence-corrected chi connectivity index (χ0v) is 18.2. The molecular formula is C24H30N2S2+2. The van der Waals surface area contributed by atoms with E-state index in [2.05, 4.69) is 68.7 Å². The van der Waals surface area contributed by atoms with Crippen molar-refractivity contribution in [3.8, 4) is 0 Å². The smallest absolute Gasteiger partial charge is 0.188 e. The van der Waals surface area contributed by atoms with Crippen molar-refractivity contribution in [1.82, 2.24) is 0 Å². The predicted molar refractivity (Wildman–Crippen MR) is 121 cm³/mol. The molecule has 146 valence electrons. The number of unbranched alkanes of at least 4 members (excludes halogenated alkanes) is 7. The van der Waals surface area contributed by atoms with Crippen LogP contribution in [0.4, 0.5) is 0 Å². The molecule has 0 radical (unpaired) electrons. The number of para-hydroxylation sites is 2. The lowest BCUT2D eigenvalue weighted by Gasteiger charge is -2.01. The highest BCUT2D eigenvalue weighted by molar-refractivity contribution is 7.16. The number of thiazole rings is 2. The number of nitrogens with zero attached hydrogens (tertiary/aromatic N) is 2. The Hall–Kier alpha value is -1.78. The van der Waals surface area contributed by atoms with E-state index in [1.54, 1.807) is 0 Å². The molecule has 2 nitrogen and oxygen atoms in total. The van der Waals surface area contributed by atoms with Crippen molar-refractivity contribution in [2.24, 2.45) is 0 Å². The van der Waals surface area contributed by atoms with E-state index in [0.29, 0.717) is 0 Å². The Kier molecular flexibility index (Phi) is 7.07. The van der Waals surface area contributed by atoms with Crippen LogP contribution in [0.1, 0.15) is 51.4 Å². The molecule has 2 aromatic carbocycles. The number of aromatic nitrogens is 2. The molecule has 0 amide bonds. The van der Waals surface area contributed by atoms with Gasteiger partial charge in [-0.15, -0.1) is 0 Å². The van der Waals surface area contributed by atoms with Gasteiger partial charge in [0.2, 0.25) is 22.1 Å². The van der Waals surface area contributed by atoms with Crippen LogP contribution >= 0.6 is 22.7 Å². The van der Waals surface area contributed by atoms with Gasteiger partial charge in [0.05, 0.1) is 0 Å². The van der Waals surface area contributed by atoms with Crippen molar-refractivity contribution in [2.45, 2.75) is 64.5 Å². The lowest BCUT2D eigenvalue weighted by Crippen LogP contribution is -2.31. The van der Waals surface area contributed by atoms with Gasteiger partial charge in [0, 0.05) is 25.0 Å². The quantitative estimate of drug-likeness (QED) is 0.197. The molecule has 0 unspecified atom stereocenters. The number of aryl methyl sites for hydroxylation is 2. The molecule has 0 aliphatic heterocycles. The Bertz CT molecular complexity index is 920. The molecule has 2 heterocycles. The maximum atomic E-state index is 2.42. The highest BCUT2D eigenvalue weighted by Crippen LogP contribution is 2.17. The van der Waals surface area contributed by atoms with Crippen LogP contribution in [0.3, 0.4) is 0 Å². The largest absolute Gasteiger partial charge is 0.225 e. The van der Waals surface area contributed by atoms with Gasteiger partial charge in [-0.2, -0.15) is 9.13 Å². The molecule has 0 saturated carbocycles. The Morgan fingerprint density at radius 2 is 0.893 bits per heavy atom. The molecule has 0 spiro atoms. The number of hydrogen-bond donors (Lipinski definition) is 0. The summed E-state index contributed by atoms with van der Waals surface area (Å²) in [6.45, 7) is 2.33. The predicted octanol–water partition coefficient (Wildman–Crippen LogP) is 6.51. The Balaban J connectivity index is 1.05. The summed E-state index contributed by atoms with van der Waals surface area (Å²) < 4.78 is 7.64. The maximum Gasteiger partial charge on any atom is 0.225 e. The summed E-state index contributed by atoms with van der Waals surface area (Å²) in [7, 11) is 0. The average Bonchev–Trinajstić information content (AvgIpc) is 3.34. The first-order valence-electron chi connectivity index (χ1n) is 10.6. The van der Waals surface area contributed by atoms with Crippen LogP contribution in [-0.2, 0) is 13.1 Å². The zero-order valence-electron chi connectivity index (χ0n) is 16.6. The van der Waals surface area contributed by atoms with Crippen molar-refractivity contribution in [3.63, 3.8) is 0 Å². The molecular weight excluding hydrogens is 380 g/mol. The summed E-state index contributed by atoms with van der Waals surface area (Å²) >= 11 is 3.71. The number of fused-ring (bicyclic) bond motifs is 2. The Labute approximate surface area is 176 Å². The van der Waals surface area contributed by atoms with E-state index in [-0.39, 0.29) is 0 Å².